The van der Waals surface area contributed by atoms with Crippen molar-refractivity contribution >= 4 is 5.96 Å². The third-order valence-corrected chi connectivity index (χ3v) is 4.08. The Balaban J connectivity index is 2.07. The lowest BCUT2D eigenvalue weighted by atomic mass is 10.1. The zero-order chi connectivity index (χ0) is 19.5. The van der Waals surface area contributed by atoms with Crippen molar-refractivity contribution in [1.82, 2.24) is 15.5 Å². The Morgan fingerprint density at radius 1 is 0.926 bits per heavy atom. The third-order valence-electron chi connectivity index (χ3n) is 4.08. The van der Waals surface area contributed by atoms with Gasteiger partial charge in [0.1, 0.15) is 5.75 Å². The van der Waals surface area contributed by atoms with Crippen molar-refractivity contribution in [3.05, 3.63) is 65.2 Å². The second-order valence-corrected chi connectivity index (χ2v) is 6.60. The van der Waals surface area contributed by atoms with Crippen LogP contribution in [0.4, 0.5) is 0 Å². The van der Waals surface area contributed by atoms with Crippen molar-refractivity contribution in [1.29, 1.82) is 0 Å². The summed E-state index contributed by atoms with van der Waals surface area (Å²) < 4.78 is 5.70. The van der Waals surface area contributed by atoms with Crippen LogP contribution < -0.4 is 15.4 Å². The van der Waals surface area contributed by atoms with Gasteiger partial charge in [0.15, 0.2) is 5.96 Å². The molecular formula is C22H32N4O. The predicted molar refractivity (Wildman–Crippen MR) is 113 cm³/mol. The van der Waals surface area contributed by atoms with Crippen LogP contribution in [0.3, 0.4) is 0 Å². The van der Waals surface area contributed by atoms with E-state index in [9.17, 15) is 0 Å². The van der Waals surface area contributed by atoms with Gasteiger partial charge in [-0.1, -0.05) is 42.5 Å². The van der Waals surface area contributed by atoms with Gasteiger partial charge in [-0.3, -0.25) is 0 Å². The molecule has 146 valence electrons. The van der Waals surface area contributed by atoms with E-state index in [0.717, 1.165) is 36.9 Å². The molecule has 0 aliphatic rings. The van der Waals surface area contributed by atoms with Crippen LogP contribution in [0.2, 0.25) is 0 Å². The lowest BCUT2D eigenvalue weighted by Gasteiger charge is -2.16. The van der Waals surface area contributed by atoms with Gasteiger partial charge >= 0.3 is 0 Å². The summed E-state index contributed by atoms with van der Waals surface area (Å²) in [6, 6.07) is 16.6. The molecule has 0 spiro atoms. The highest BCUT2D eigenvalue weighted by Crippen LogP contribution is 2.18. The molecular weight excluding hydrogens is 336 g/mol. The fourth-order valence-corrected chi connectivity index (χ4v) is 2.84. The van der Waals surface area contributed by atoms with Gasteiger partial charge < -0.3 is 20.3 Å². The average molecular weight is 369 g/mol. The van der Waals surface area contributed by atoms with Crippen LogP contribution in [-0.4, -0.2) is 38.1 Å². The lowest BCUT2D eigenvalue weighted by Crippen LogP contribution is -2.37. The Bertz CT molecular complexity index is 728. The molecule has 0 bridgehead atoms. The summed E-state index contributed by atoms with van der Waals surface area (Å²) in [7, 11) is 4.18. The average Bonchev–Trinajstić information content (AvgIpc) is 2.66. The molecule has 0 aromatic heterocycles. The van der Waals surface area contributed by atoms with Crippen molar-refractivity contribution in [3.63, 3.8) is 0 Å². The van der Waals surface area contributed by atoms with Crippen LogP contribution in [0, 0.1) is 0 Å². The van der Waals surface area contributed by atoms with Crippen LogP contribution >= 0.6 is 0 Å². The topological polar surface area (TPSA) is 48.9 Å². The highest BCUT2D eigenvalue weighted by Gasteiger charge is 2.06. The fourth-order valence-electron chi connectivity index (χ4n) is 2.84. The molecule has 0 saturated heterocycles. The van der Waals surface area contributed by atoms with E-state index in [1.165, 1.54) is 11.1 Å². The highest BCUT2D eigenvalue weighted by atomic mass is 16.5. The van der Waals surface area contributed by atoms with E-state index in [4.69, 9.17) is 9.73 Å². The number of benzene rings is 2. The highest BCUT2D eigenvalue weighted by molar-refractivity contribution is 5.79. The van der Waals surface area contributed by atoms with Crippen LogP contribution in [0.15, 0.2) is 53.5 Å². The van der Waals surface area contributed by atoms with Crippen LogP contribution in [0.25, 0.3) is 0 Å². The number of para-hydroxylation sites is 1. The van der Waals surface area contributed by atoms with Crippen molar-refractivity contribution < 1.29 is 4.74 Å². The van der Waals surface area contributed by atoms with E-state index >= 15 is 0 Å². The van der Waals surface area contributed by atoms with Gasteiger partial charge in [-0.25, -0.2) is 4.99 Å². The first-order valence-corrected chi connectivity index (χ1v) is 9.58. The first kappa shape index (κ1) is 20.8. The van der Waals surface area contributed by atoms with Crippen LogP contribution in [0.5, 0.6) is 5.75 Å². The SMILES string of the molecule is CCNC(=NCc1ccccc1OCC)NCc1ccccc1CN(C)C. The van der Waals surface area contributed by atoms with E-state index in [0.29, 0.717) is 13.2 Å². The standard InChI is InChI=1S/C22H32N4O/c1-5-23-22(25-16-19-12-9-10-14-21(19)27-6-2)24-15-18-11-7-8-13-20(18)17-26(3)4/h7-14H,5-6,15-17H2,1-4H3,(H2,23,24,25). The Kier molecular flexibility index (Phi) is 8.65. The van der Waals surface area contributed by atoms with E-state index < -0.39 is 0 Å². The molecule has 0 unspecified atom stereocenters. The Hall–Kier alpha value is -2.53. The summed E-state index contributed by atoms with van der Waals surface area (Å²) in [5.41, 5.74) is 3.70. The minimum absolute atomic E-state index is 0.574. The molecule has 0 atom stereocenters. The van der Waals surface area contributed by atoms with Crippen molar-refractivity contribution in [2.75, 3.05) is 27.2 Å². The molecule has 2 N–H and O–H groups in total. The maximum Gasteiger partial charge on any atom is 0.191 e. The molecule has 2 aromatic rings. The molecule has 0 heterocycles. The van der Waals surface area contributed by atoms with E-state index in [1.54, 1.807) is 0 Å². The number of nitrogens with zero attached hydrogens (tertiary/aromatic N) is 2. The molecule has 0 saturated carbocycles. The molecule has 27 heavy (non-hydrogen) atoms. The quantitative estimate of drug-likeness (QED) is 0.526. The zero-order valence-corrected chi connectivity index (χ0v) is 17.0. The van der Waals surface area contributed by atoms with Gasteiger partial charge in [0.25, 0.3) is 0 Å². The van der Waals surface area contributed by atoms with Gasteiger partial charge in [0, 0.05) is 25.2 Å². The summed E-state index contributed by atoms with van der Waals surface area (Å²) in [6.45, 7) is 7.78. The Labute approximate surface area is 163 Å². The zero-order valence-electron chi connectivity index (χ0n) is 17.0. The Morgan fingerprint density at radius 3 is 2.26 bits per heavy atom. The predicted octanol–water partition coefficient (Wildman–Crippen LogP) is 3.40. The number of guanidine groups is 1. The number of hydrogen-bond donors (Lipinski definition) is 2. The first-order chi connectivity index (χ1) is 13.1. The normalized spacial score (nSPS) is 11.5. The Morgan fingerprint density at radius 2 is 1.59 bits per heavy atom. The number of hydrogen-bond acceptors (Lipinski definition) is 3. The molecule has 0 aliphatic carbocycles. The monoisotopic (exact) mass is 368 g/mol. The molecule has 0 amide bonds. The van der Waals surface area contributed by atoms with Crippen molar-refractivity contribution in [2.24, 2.45) is 4.99 Å². The smallest absolute Gasteiger partial charge is 0.191 e. The second kappa shape index (κ2) is 11.2. The van der Waals surface area contributed by atoms with Gasteiger partial charge in [-0.15, -0.1) is 0 Å². The lowest BCUT2D eigenvalue weighted by molar-refractivity contribution is 0.336. The van der Waals surface area contributed by atoms with Gasteiger partial charge in [0.05, 0.1) is 13.2 Å². The number of nitrogens with one attached hydrogen (secondary N) is 2. The second-order valence-electron chi connectivity index (χ2n) is 6.60. The van der Waals surface area contributed by atoms with Crippen LogP contribution in [0.1, 0.15) is 30.5 Å². The molecule has 0 fully saturated rings. The maximum absolute atomic E-state index is 5.70. The molecule has 0 radical (unpaired) electrons. The van der Waals surface area contributed by atoms with Crippen LogP contribution in [-0.2, 0) is 19.6 Å². The summed E-state index contributed by atoms with van der Waals surface area (Å²) in [5.74, 6) is 1.71. The van der Waals surface area contributed by atoms with Gasteiger partial charge in [0.2, 0.25) is 0 Å². The van der Waals surface area contributed by atoms with Gasteiger partial charge in [-0.05, 0) is 45.1 Å². The van der Waals surface area contributed by atoms with Gasteiger partial charge in [-0.2, -0.15) is 0 Å². The molecule has 5 heteroatoms. The fraction of sp³-hybridized carbons (Fsp3) is 0.409. The molecule has 2 aromatic carbocycles. The summed E-state index contributed by atoms with van der Waals surface area (Å²) >= 11 is 0. The molecule has 5 nitrogen and oxygen atoms in total. The number of aliphatic imine (C=N–C) groups is 1. The van der Waals surface area contributed by atoms with Crippen molar-refractivity contribution in [2.45, 2.75) is 33.5 Å². The summed E-state index contributed by atoms with van der Waals surface area (Å²) in [6.07, 6.45) is 0. The van der Waals surface area contributed by atoms with Crippen molar-refractivity contribution in [3.8, 4) is 5.75 Å². The third kappa shape index (κ3) is 6.94. The largest absolute Gasteiger partial charge is 0.494 e. The van der Waals surface area contributed by atoms with E-state index in [-0.39, 0.29) is 0 Å². The molecule has 2 rings (SSSR count). The minimum atomic E-state index is 0.574. The molecule has 0 aliphatic heterocycles. The number of rotatable bonds is 9. The summed E-state index contributed by atoms with van der Waals surface area (Å²) in [5, 5.41) is 6.77. The minimum Gasteiger partial charge on any atom is -0.494 e. The van der Waals surface area contributed by atoms with E-state index in [1.807, 2.05) is 25.1 Å². The first-order valence-electron chi connectivity index (χ1n) is 9.58. The van der Waals surface area contributed by atoms with E-state index in [2.05, 4.69) is 66.9 Å². The summed E-state index contributed by atoms with van der Waals surface area (Å²) in [4.78, 5) is 6.92. The maximum atomic E-state index is 5.70. The number of ether oxygens (including phenoxy) is 1.